The first-order valence-electron chi connectivity index (χ1n) is 10.4. The van der Waals surface area contributed by atoms with Crippen molar-refractivity contribution in [3.05, 3.63) is 54.1 Å². The maximum Gasteiger partial charge on any atom is 0.310 e. The van der Waals surface area contributed by atoms with E-state index in [0.717, 1.165) is 12.8 Å². The maximum absolute atomic E-state index is 12.8. The largest absolute Gasteiger partial charge is 0.497 e. The fourth-order valence-electron chi connectivity index (χ4n) is 5.25. The van der Waals surface area contributed by atoms with Gasteiger partial charge in [-0.1, -0.05) is 12.1 Å². The molecule has 3 fully saturated rings. The molecule has 5 rings (SSSR count). The lowest BCUT2D eigenvalue weighted by Crippen LogP contribution is -2.35. The molecule has 2 bridgehead atoms. The summed E-state index contributed by atoms with van der Waals surface area (Å²) in [6, 6.07) is 13.8. The highest BCUT2D eigenvalue weighted by Gasteiger charge is 2.63. The Bertz CT molecular complexity index is 1030. The number of nitrogens with one attached hydrogen (secondary N) is 1. The van der Waals surface area contributed by atoms with Gasteiger partial charge in [-0.3, -0.25) is 14.4 Å². The monoisotopic (exact) mass is 421 g/mol. The number of carbonyl (C=O) groups is 3. The standard InChI is InChI=1S/C24H23NO6/c1-29-17-4-2-3-13(9-17)19(26)12-30-16-7-5-15(6-8-16)25-23(27)21-14-10-18-20(11-14)31-24(28)22(18)21/h2-9,14,18,20-22H,10-12H2,1H3,(H,25,27)/t14-,18-,20-,21+,22+/m1/s1. The number of fused-ring (bicyclic) bond motifs is 1. The van der Waals surface area contributed by atoms with E-state index >= 15 is 0 Å². The molecule has 2 saturated carbocycles. The lowest BCUT2D eigenvalue weighted by Gasteiger charge is -2.23. The summed E-state index contributed by atoms with van der Waals surface area (Å²) in [4.78, 5) is 37.3. The van der Waals surface area contributed by atoms with Crippen molar-refractivity contribution in [2.24, 2.45) is 23.7 Å². The number of benzene rings is 2. The van der Waals surface area contributed by atoms with E-state index in [9.17, 15) is 14.4 Å². The number of esters is 1. The van der Waals surface area contributed by atoms with Crippen LogP contribution in [-0.4, -0.2) is 37.5 Å². The Kier molecular flexibility index (Phi) is 4.88. The Labute approximate surface area is 179 Å². The number of ether oxygens (including phenoxy) is 3. The summed E-state index contributed by atoms with van der Waals surface area (Å²) in [6.45, 7) is -0.102. The topological polar surface area (TPSA) is 90.9 Å². The predicted molar refractivity (Wildman–Crippen MR) is 111 cm³/mol. The minimum absolute atomic E-state index is 0.0164. The minimum Gasteiger partial charge on any atom is -0.497 e. The van der Waals surface area contributed by atoms with Gasteiger partial charge in [-0.15, -0.1) is 0 Å². The van der Waals surface area contributed by atoms with Crippen molar-refractivity contribution in [1.82, 2.24) is 0 Å². The Balaban J connectivity index is 1.17. The van der Waals surface area contributed by atoms with Gasteiger partial charge in [-0.2, -0.15) is 0 Å². The summed E-state index contributed by atoms with van der Waals surface area (Å²) in [6.07, 6.45) is 1.70. The minimum atomic E-state index is -0.312. The van der Waals surface area contributed by atoms with E-state index in [2.05, 4.69) is 5.32 Å². The number of methoxy groups -OCH3 is 1. The first-order valence-corrected chi connectivity index (χ1v) is 10.4. The van der Waals surface area contributed by atoms with Crippen molar-refractivity contribution < 1.29 is 28.6 Å². The number of anilines is 1. The molecule has 0 radical (unpaired) electrons. The van der Waals surface area contributed by atoms with Crippen LogP contribution in [0, 0.1) is 23.7 Å². The second-order valence-electron chi connectivity index (χ2n) is 8.38. The molecule has 1 heterocycles. The number of hydrogen-bond donors (Lipinski definition) is 1. The Morgan fingerprint density at radius 1 is 1.10 bits per heavy atom. The van der Waals surface area contributed by atoms with Gasteiger partial charge in [0.2, 0.25) is 5.91 Å². The van der Waals surface area contributed by atoms with Crippen molar-refractivity contribution in [3.8, 4) is 11.5 Å². The molecular formula is C24H23NO6. The SMILES string of the molecule is COc1cccc(C(=O)COc2ccc(NC(=O)[C@H]3[C@@H]4C[C@H]5[C@@H]3C(=O)O[C@@H]5C4)cc2)c1. The van der Waals surface area contributed by atoms with E-state index in [0.29, 0.717) is 22.7 Å². The van der Waals surface area contributed by atoms with Crippen LogP contribution in [0.25, 0.3) is 0 Å². The first kappa shape index (κ1) is 19.6. The Morgan fingerprint density at radius 2 is 1.90 bits per heavy atom. The van der Waals surface area contributed by atoms with Gasteiger partial charge in [0.15, 0.2) is 12.4 Å². The van der Waals surface area contributed by atoms with E-state index < -0.39 is 0 Å². The van der Waals surface area contributed by atoms with E-state index in [4.69, 9.17) is 14.2 Å². The van der Waals surface area contributed by atoms with Crippen molar-refractivity contribution in [1.29, 1.82) is 0 Å². The summed E-state index contributed by atoms with van der Waals surface area (Å²) >= 11 is 0. The maximum atomic E-state index is 12.8. The van der Waals surface area contributed by atoms with Crippen LogP contribution in [0.4, 0.5) is 5.69 Å². The summed E-state index contributed by atoms with van der Waals surface area (Å²) in [5.41, 5.74) is 1.14. The molecule has 2 aliphatic carbocycles. The van der Waals surface area contributed by atoms with Crippen molar-refractivity contribution in [2.75, 3.05) is 19.0 Å². The van der Waals surface area contributed by atoms with Crippen LogP contribution in [0.2, 0.25) is 0 Å². The van der Waals surface area contributed by atoms with Gasteiger partial charge in [0.1, 0.15) is 17.6 Å². The average Bonchev–Trinajstić information content (AvgIpc) is 3.41. The van der Waals surface area contributed by atoms with E-state index in [1.54, 1.807) is 55.6 Å². The molecule has 160 valence electrons. The van der Waals surface area contributed by atoms with Crippen molar-refractivity contribution in [2.45, 2.75) is 18.9 Å². The third-order valence-corrected chi connectivity index (χ3v) is 6.67. The number of Topliss-reactive ketones (excluding diaryl/α,β-unsaturated/α-hetero) is 1. The first-order chi connectivity index (χ1) is 15.0. The summed E-state index contributed by atoms with van der Waals surface area (Å²) in [5, 5.41) is 2.92. The molecule has 3 aliphatic rings. The number of hydrogen-bond acceptors (Lipinski definition) is 6. The third-order valence-electron chi connectivity index (χ3n) is 6.67. The van der Waals surface area contributed by atoms with Gasteiger partial charge in [0, 0.05) is 17.2 Å². The lowest BCUT2D eigenvalue weighted by atomic mass is 9.79. The molecule has 2 aromatic carbocycles. The molecule has 7 nitrogen and oxygen atoms in total. The molecule has 7 heteroatoms. The van der Waals surface area contributed by atoms with E-state index in [1.165, 1.54) is 0 Å². The average molecular weight is 421 g/mol. The highest BCUT2D eigenvalue weighted by Crippen LogP contribution is 2.57. The van der Waals surface area contributed by atoms with Crippen LogP contribution in [-0.2, 0) is 14.3 Å². The van der Waals surface area contributed by atoms with Gasteiger partial charge in [0.25, 0.3) is 0 Å². The molecule has 1 saturated heterocycles. The number of amides is 1. The van der Waals surface area contributed by atoms with Crippen LogP contribution in [0.1, 0.15) is 23.2 Å². The van der Waals surface area contributed by atoms with E-state index in [1.807, 2.05) is 0 Å². The fraction of sp³-hybridized carbons (Fsp3) is 0.375. The Morgan fingerprint density at radius 3 is 2.68 bits per heavy atom. The molecule has 0 aromatic heterocycles. The predicted octanol–water partition coefficient (Wildman–Crippen LogP) is 3.09. The van der Waals surface area contributed by atoms with Gasteiger partial charge in [-0.05, 0) is 55.2 Å². The molecule has 0 spiro atoms. The Hall–Kier alpha value is -3.35. The summed E-state index contributed by atoms with van der Waals surface area (Å²) in [5.74, 6) is 0.439. The normalized spacial score (nSPS) is 27.6. The highest BCUT2D eigenvalue weighted by atomic mass is 16.6. The number of ketones is 1. The van der Waals surface area contributed by atoms with Crippen LogP contribution in [0.5, 0.6) is 11.5 Å². The third kappa shape index (κ3) is 3.54. The smallest absolute Gasteiger partial charge is 0.310 e. The lowest BCUT2D eigenvalue weighted by molar-refractivity contribution is -0.145. The number of carbonyl (C=O) groups excluding carboxylic acids is 3. The van der Waals surface area contributed by atoms with Crippen molar-refractivity contribution >= 4 is 23.3 Å². The fourth-order valence-corrected chi connectivity index (χ4v) is 5.25. The molecule has 5 atom stereocenters. The quantitative estimate of drug-likeness (QED) is 0.546. The van der Waals surface area contributed by atoms with E-state index in [-0.39, 0.29) is 54.0 Å². The van der Waals surface area contributed by atoms with Crippen LogP contribution in [0.15, 0.2) is 48.5 Å². The van der Waals surface area contributed by atoms with Crippen molar-refractivity contribution in [3.63, 3.8) is 0 Å². The zero-order chi connectivity index (χ0) is 21.5. The molecule has 1 N–H and O–H groups in total. The molecule has 1 aliphatic heterocycles. The zero-order valence-electron chi connectivity index (χ0n) is 17.1. The second kappa shape index (κ2) is 7.72. The summed E-state index contributed by atoms with van der Waals surface area (Å²) in [7, 11) is 1.55. The van der Waals surface area contributed by atoms with Gasteiger partial charge >= 0.3 is 5.97 Å². The molecule has 1 amide bonds. The van der Waals surface area contributed by atoms with Crippen LogP contribution >= 0.6 is 0 Å². The van der Waals surface area contributed by atoms with Gasteiger partial charge < -0.3 is 19.5 Å². The van der Waals surface area contributed by atoms with Gasteiger partial charge in [0.05, 0.1) is 18.9 Å². The zero-order valence-corrected chi connectivity index (χ0v) is 17.1. The summed E-state index contributed by atoms with van der Waals surface area (Å²) < 4.78 is 16.1. The molecule has 2 aromatic rings. The van der Waals surface area contributed by atoms with Crippen LogP contribution < -0.4 is 14.8 Å². The van der Waals surface area contributed by atoms with Crippen LogP contribution in [0.3, 0.4) is 0 Å². The highest BCUT2D eigenvalue weighted by molar-refractivity contribution is 5.98. The molecule has 31 heavy (non-hydrogen) atoms. The second-order valence-corrected chi connectivity index (χ2v) is 8.38. The number of rotatable bonds is 7. The molecular weight excluding hydrogens is 398 g/mol. The molecule has 0 unspecified atom stereocenters. The van der Waals surface area contributed by atoms with Gasteiger partial charge in [-0.25, -0.2) is 0 Å².